The summed E-state index contributed by atoms with van der Waals surface area (Å²) in [6.45, 7) is 3.57. The molecule has 0 aliphatic carbocycles. The molecule has 3 aromatic carbocycles. The zero-order chi connectivity index (χ0) is 27.4. The van der Waals surface area contributed by atoms with Gasteiger partial charge in [0.05, 0.1) is 27.3 Å². The van der Waals surface area contributed by atoms with Gasteiger partial charge in [0.15, 0.2) is 6.61 Å². The van der Waals surface area contributed by atoms with Crippen molar-refractivity contribution in [2.75, 3.05) is 11.9 Å². The molecule has 4 rings (SSSR count). The molecule has 0 saturated heterocycles. The van der Waals surface area contributed by atoms with Gasteiger partial charge < -0.3 is 10.1 Å². The van der Waals surface area contributed by atoms with E-state index in [1.54, 1.807) is 30.3 Å². The van der Waals surface area contributed by atoms with Crippen LogP contribution in [-0.4, -0.2) is 28.4 Å². The summed E-state index contributed by atoms with van der Waals surface area (Å²) in [7, 11) is 0. The number of amides is 1. The number of rotatable bonds is 8. The zero-order valence-electron chi connectivity index (χ0n) is 20.3. The predicted molar refractivity (Wildman–Crippen MR) is 155 cm³/mol. The minimum Gasteiger partial charge on any atom is -0.482 e. The van der Waals surface area contributed by atoms with Crippen LogP contribution >= 0.6 is 43.5 Å². The van der Waals surface area contributed by atoms with Gasteiger partial charge in [-0.2, -0.15) is 9.78 Å². The van der Waals surface area contributed by atoms with Gasteiger partial charge in [-0.1, -0.05) is 53.5 Å². The van der Waals surface area contributed by atoms with E-state index >= 15 is 0 Å². The number of carbonyl (C=O) groups is 1. The minimum atomic E-state index is -0.556. The summed E-state index contributed by atoms with van der Waals surface area (Å²) in [6.07, 6.45) is 2.18. The number of ether oxygens (including phenoxy) is 1. The molecule has 1 aromatic heterocycles. The van der Waals surface area contributed by atoms with Crippen molar-refractivity contribution >= 4 is 72.2 Å². The average Bonchev–Trinajstić information content (AvgIpc) is 2.88. The van der Waals surface area contributed by atoms with Crippen molar-refractivity contribution < 1.29 is 13.9 Å². The normalized spacial score (nSPS) is 12.2. The second-order valence-corrected chi connectivity index (χ2v) is 10.6. The van der Waals surface area contributed by atoms with Crippen LogP contribution in [0.15, 0.2) is 73.4 Å². The molecule has 1 heterocycles. The number of aromatic nitrogens is 2. The molecule has 196 valence electrons. The highest BCUT2D eigenvalue weighted by Gasteiger charge is 2.17. The highest BCUT2D eigenvalue weighted by Crippen LogP contribution is 2.32. The molecule has 0 radical (unpaired) electrons. The average molecular weight is 665 g/mol. The first-order chi connectivity index (χ1) is 18.2. The Bertz CT molecular complexity index is 1610. The summed E-state index contributed by atoms with van der Waals surface area (Å²) in [5.74, 6) is -0.371. The second-order valence-electron chi connectivity index (χ2n) is 8.42. The maximum absolute atomic E-state index is 13.9. The fraction of sp³-hybridized carbons (Fsp3) is 0.185. The number of para-hydroxylation sites is 1. The van der Waals surface area contributed by atoms with Crippen molar-refractivity contribution in [2.45, 2.75) is 26.2 Å². The van der Waals surface area contributed by atoms with Crippen LogP contribution in [0.3, 0.4) is 0 Å². The summed E-state index contributed by atoms with van der Waals surface area (Å²) in [6, 6.07) is 14.4. The predicted octanol–water partition coefficient (Wildman–Crippen LogP) is 7.13. The second kappa shape index (κ2) is 12.2. The smallest absolute Gasteiger partial charge is 0.282 e. The van der Waals surface area contributed by atoms with Crippen LogP contribution in [0.25, 0.3) is 10.9 Å². The van der Waals surface area contributed by atoms with E-state index in [4.69, 9.17) is 21.3 Å². The van der Waals surface area contributed by atoms with E-state index in [0.29, 0.717) is 31.8 Å². The van der Waals surface area contributed by atoms with E-state index in [2.05, 4.69) is 42.3 Å². The molecule has 0 unspecified atom stereocenters. The van der Waals surface area contributed by atoms with Gasteiger partial charge in [-0.25, -0.2) is 9.37 Å². The standard InChI is InChI=1S/C27H22Br2ClFN4O3/c1-3-15(2)26-34-22-9-8-17(28)11-19(22)27(37)35(26)32-13-16-10-18(30)12-20(29)25(16)38-14-24(36)33-23-7-5-4-6-21(23)31/h4-13,15H,3,14H2,1-2H3,(H,33,36)/t15-/m1/s1. The Labute approximate surface area is 239 Å². The van der Waals surface area contributed by atoms with E-state index in [0.717, 1.165) is 10.9 Å². The number of nitrogens with one attached hydrogen (secondary N) is 1. The molecule has 1 N–H and O–H groups in total. The SMILES string of the molecule is CC[C@@H](C)c1nc2ccc(Br)cc2c(=O)n1N=Cc1cc(Cl)cc(Br)c1OCC(=O)Nc1ccccc1F. The summed E-state index contributed by atoms with van der Waals surface area (Å²) in [5, 5.41) is 7.74. The zero-order valence-corrected chi connectivity index (χ0v) is 24.3. The van der Waals surface area contributed by atoms with E-state index in [1.807, 2.05) is 19.9 Å². The summed E-state index contributed by atoms with van der Waals surface area (Å²) in [5.41, 5.74) is 0.718. The van der Waals surface area contributed by atoms with E-state index in [1.165, 1.54) is 29.1 Å². The van der Waals surface area contributed by atoms with E-state index in [9.17, 15) is 14.0 Å². The van der Waals surface area contributed by atoms with Crippen molar-refractivity contribution in [1.29, 1.82) is 0 Å². The lowest BCUT2D eigenvalue weighted by molar-refractivity contribution is -0.118. The Hall–Kier alpha value is -3.08. The lowest BCUT2D eigenvalue weighted by atomic mass is 10.1. The molecule has 0 aliphatic rings. The van der Waals surface area contributed by atoms with Crippen LogP contribution in [0.2, 0.25) is 5.02 Å². The molecule has 11 heteroatoms. The van der Waals surface area contributed by atoms with Crippen LogP contribution in [-0.2, 0) is 4.79 Å². The van der Waals surface area contributed by atoms with Crippen LogP contribution < -0.4 is 15.6 Å². The van der Waals surface area contributed by atoms with Crippen LogP contribution in [0.1, 0.15) is 37.6 Å². The molecule has 38 heavy (non-hydrogen) atoms. The van der Waals surface area contributed by atoms with Crippen LogP contribution in [0.5, 0.6) is 5.75 Å². The van der Waals surface area contributed by atoms with Gasteiger partial charge in [-0.3, -0.25) is 9.59 Å². The highest BCUT2D eigenvalue weighted by atomic mass is 79.9. The molecule has 7 nitrogen and oxygen atoms in total. The number of nitrogens with zero attached hydrogens (tertiary/aromatic N) is 3. The summed E-state index contributed by atoms with van der Waals surface area (Å²) >= 11 is 13.1. The first-order valence-corrected chi connectivity index (χ1v) is 13.6. The molecule has 1 amide bonds. The summed E-state index contributed by atoms with van der Waals surface area (Å²) in [4.78, 5) is 30.5. The molecule has 0 bridgehead atoms. The first kappa shape index (κ1) is 27.9. The largest absolute Gasteiger partial charge is 0.482 e. The molecule has 1 atom stereocenters. The van der Waals surface area contributed by atoms with Gasteiger partial charge in [-0.15, -0.1) is 0 Å². The number of fused-ring (bicyclic) bond motifs is 1. The number of halogens is 4. The van der Waals surface area contributed by atoms with Crippen molar-refractivity contribution in [3.05, 3.63) is 96.1 Å². The van der Waals surface area contributed by atoms with Gasteiger partial charge in [0.2, 0.25) is 0 Å². The molecular weight excluding hydrogens is 643 g/mol. The van der Waals surface area contributed by atoms with Gasteiger partial charge in [0.25, 0.3) is 11.5 Å². The topological polar surface area (TPSA) is 85.6 Å². The number of hydrogen-bond donors (Lipinski definition) is 1. The van der Waals surface area contributed by atoms with Gasteiger partial charge in [0.1, 0.15) is 17.4 Å². The Morgan fingerprint density at radius 1 is 1.24 bits per heavy atom. The number of hydrogen-bond acceptors (Lipinski definition) is 5. The third-order valence-electron chi connectivity index (χ3n) is 5.73. The number of benzene rings is 3. The van der Waals surface area contributed by atoms with Gasteiger partial charge in [-0.05, 0) is 64.8 Å². The van der Waals surface area contributed by atoms with E-state index < -0.39 is 18.3 Å². The Morgan fingerprint density at radius 2 is 2.00 bits per heavy atom. The van der Waals surface area contributed by atoms with Crippen LogP contribution in [0.4, 0.5) is 10.1 Å². The van der Waals surface area contributed by atoms with E-state index in [-0.39, 0.29) is 22.9 Å². The minimum absolute atomic E-state index is 0.0446. The summed E-state index contributed by atoms with van der Waals surface area (Å²) < 4.78 is 22.1. The Morgan fingerprint density at radius 3 is 2.74 bits per heavy atom. The molecule has 0 saturated carbocycles. The molecular formula is C27H22Br2ClFN4O3. The maximum atomic E-state index is 13.9. The quantitative estimate of drug-likeness (QED) is 0.203. The lowest BCUT2D eigenvalue weighted by Gasteiger charge is -2.15. The van der Waals surface area contributed by atoms with Crippen molar-refractivity contribution in [3.8, 4) is 5.75 Å². The highest BCUT2D eigenvalue weighted by molar-refractivity contribution is 9.10. The fourth-order valence-corrected chi connectivity index (χ4v) is 4.92. The Balaban J connectivity index is 1.69. The van der Waals surface area contributed by atoms with Crippen molar-refractivity contribution in [2.24, 2.45) is 5.10 Å². The van der Waals surface area contributed by atoms with Gasteiger partial charge in [0, 0.05) is 21.0 Å². The monoisotopic (exact) mass is 662 g/mol. The first-order valence-electron chi connectivity index (χ1n) is 11.6. The fourth-order valence-electron chi connectivity index (χ4n) is 3.61. The maximum Gasteiger partial charge on any atom is 0.282 e. The Kier molecular flexibility index (Phi) is 8.96. The number of carbonyl (C=O) groups excluding carboxylic acids is 1. The van der Waals surface area contributed by atoms with Crippen molar-refractivity contribution in [3.63, 3.8) is 0 Å². The third kappa shape index (κ3) is 6.31. The number of anilines is 1. The van der Waals surface area contributed by atoms with Crippen LogP contribution in [0, 0.1) is 5.82 Å². The third-order valence-corrected chi connectivity index (χ3v) is 7.03. The van der Waals surface area contributed by atoms with Gasteiger partial charge >= 0.3 is 0 Å². The molecule has 4 aromatic rings. The van der Waals surface area contributed by atoms with Crippen molar-refractivity contribution in [1.82, 2.24) is 9.66 Å². The molecule has 0 aliphatic heterocycles. The lowest BCUT2D eigenvalue weighted by Crippen LogP contribution is -2.24. The molecule has 0 spiro atoms. The molecule has 0 fully saturated rings.